The minimum absolute atomic E-state index is 0.256. The van der Waals surface area contributed by atoms with Gasteiger partial charge in [0.15, 0.2) is 11.6 Å². The highest BCUT2D eigenvalue weighted by atomic mass is 35.5. The zero-order chi connectivity index (χ0) is 26.7. The molecule has 6 heteroatoms. The zero-order valence-electron chi connectivity index (χ0n) is 20.8. The normalized spacial score (nSPS) is 24.2. The van der Waals surface area contributed by atoms with Crippen molar-refractivity contribution in [3.05, 3.63) is 136 Å². The van der Waals surface area contributed by atoms with E-state index in [2.05, 4.69) is 5.32 Å². The van der Waals surface area contributed by atoms with Crippen molar-refractivity contribution in [2.75, 3.05) is 10.2 Å². The smallest absolute Gasteiger partial charge is 0.238 e. The third kappa shape index (κ3) is 3.23. The Balaban J connectivity index is 1.55. The quantitative estimate of drug-likeness (QED) is 0.319. The van der Waals surface area contributed by atoms with Gasteiger partial charge < -0.3 is 10.2 Å². The molecule has 1 amide bonds. The van der Waals surface area contributed by atoms with E-state index in [1.807, 2.05) is 71.6 Å². The van der Waals surface area contributed by atoms with Gasteiger partial charge in [0, 0.05) is 22.5 Å². The molecule has 3 aliphatic rings. The Kier molecular flexibility index (Phi) is 5.32. The molecule has 0 radical (unpaired) electrons. The summed E-state index contributed by atoms with van der Waals surface area (Å²) in [6.45, 7) is 0. The van der Waals surface area contributed by atoms with E-state index >= 15 is 0 Å². The first-order valence-corrected chi connectivity index (χ1v) is 13.3. The number of rotatable bonds is 4. The first-order valence-electron chi connectivity index (χ1n) is 12.9. The summed E-state index contributed by atoms with van der Waals surface area (Å²) in [5.41, 5.74) is 2.53. The summed E-state index contributed by atoms with van der Waals surface area (Å²) < 4.78 is 0. The maximum absolute atomic E-state index is 14.6. The van der Waals surface area contributed by atoms with Crippen LogP contribution in [0, 0.1) is 5.92 Å². The number of hydrogen-bond donors (Lipinski definition) is 1. The number of benzene rings is 4. The van der Waals surface area contributed by atoms with E-state index in [0.717, 1.165) is 16.8 Å². The fraction of sp³-hybridized carbons (Fsp3) is 0.121. The van der Waals surface area contributed by atoms with Gasteiger partial charge in [0.05, 0.1) is 17.0 Å². The van der Waals surface area contributed by atoms with Crippen LogP contribution in [0.3, 0.4) is 0 Å². The number of ketones is 2. The van der Waals surface area contributed by atoms with Crippen LogP contribution in [0.1, 0.15) is 31.8 Å². The standard InChI is InChI=1S/C33H23ClN2O3/c34-24-15-7-5-13-22(24)31(38)29-28(30(37)21-11-2-1-3-12-21)33(23-14-6-8-16-25(23)35-32(33)39)27-19-18-20-10-4-9-17-26(20)36(27)29/h1-19,27-29H,(H,35,39)/t27-,28+,29+,33-/m1/s1. The van der Waals surface area contributed by atoms with Crippen molar-refractivity contribution >= 4 is 46.5 Å². The van der Waals surface area contributed by atoms with Crippen LogP contribution in [0.2, 0.25) is 5.02 Å². The number of carbonyl (C=O) groups is 3. The summed E-state index contributed by atoms with van der Waals surface area (Å²) in [6.07, 6.45) is 3.95. The lowest BCUT2D eigenvalue weighted by Crippen LogP contribution is -2.51. The van der Waals surface area contributed by atoms with Crippen molar-refractivity contribution in [3.8, 4) is 0 Å². The second-order valence-corrected chi connectivity index (χ2v) is 10.5. The summed E-state index contributed by atoms with van der Waals surface area (Å²) >= 11 is 6.56. The van der Waals surface area contributed by atoms with Crippen LogP contribution >= 0.6 is 11.6 Å². The summed E-state index contributed by atoms with van der Waals surface area (Å²) in [6, 6.07) is 29.5. The van der Waals surface area contributed by atoms with Crippen molar-refractivity contribution in [3.63, 3.8) is 0 Å². The van der Waals surface area contributed by atoms with Crippen LogP contribution in [0.15, 0.2) is 109 Å². The zero-order valence-corrected chi connectivity index (χ0v) is 21.5. The molecule has 1 spiro atoms. The summed E-state index contributed by atoms with van der Waals surface area (Å²) in [7, 11) is 0. The van der Waals surface area contributed by atoms with E-state index in [1.54, 1.807) is 48.5 Å². The molecule has 1 N–H and O–H groups in total. The van der Waals surface area contributed by atoms with E-state index in [9.17, 15) is 14.4 Å². The van der Waals surface area contributed by atoms with Crippen LogP contribution in [0.5, 0.6) is 0 Å². The Morgan fingerprint density at radius 1 is 0.795 bits per heavy atom. The van der Waals surface area contributed by atoms with Gasteiger partial charge in [0.2, 0.25) is 5.91 Å². The van der Waals surface area contributed by atoms with Gasteiger partial charge in [-0.2, -0.15) is 0 Å². The van der Waals surface area contributed by atoms with Gasteiger partial charge in [-0.15, -0.1) is 0 Å². The highest BCUT2D eigenvalue weighted by Gasteiger charge is 2.70. The molecule has 3 heterocycles. The summed E-state index contributed by atoms with van der Waals surface area (Å²) in [5.74, 6) is -1.85. The Bertz CT molecular complexity index is 1700. The number of para-hydroxylation sites is 2. The van der Waals surface area contributed by atoms with Crippen LogP contribution in [-0.4, -0.2) is 29.6 Å². The number of halogens is 1. The van der Waals surface area contributed by atoms with Gasteiger partial charge in [0.1, 0.15) is 11.5 Å². The Morgan fingerprint density at radius 2 is 1.49 bits per heavy atom. The van der Waals surface area contributed by atoms with Crippen molar-refractivity contribution in [1.82, 2.24) is 0 Å². The first kappa shape index (κ1) is 23.6. The number of anilines is 2. The van der Waals surface area contributed by atoms with E-state index in [1.165, 1.54) is 0 Å². The van der Waals surface area contributed by atoms with E-state index in [-0.39, 0.29) is 17.5 Å². The molecule has 0 aromatic heterocycles. The molecule has 0 aliphatic carbocycles. The summed E-state index contributed by atoms with van der Waals surface area (Å²) in [5, 5.41) is 3.35. The molecular formula is C33H23ClN2O3. The molecular weight excluding hydrogens is 508 g/mol. The third-order valence-corrected chi connectivity index (χ3v) is 8.62. The van der Waals surface area contributed by atoms with Gasteiger partial charge in [0.25, 0.3) is 0 Å². The van der Waals surface area contributed by atoms with E-state index < -0.39 is 23.4 Å². The van der Waals surface area contributed by atoms with Gasteiger partial charge in [-0.1, -0.05) is 103 Å². The largest absolute Gasteiger partial charge is 0.352 e. The maximum atomic E-state index is 14.6. The predicted octanol–water partition coefficient (Wildman–Crippen LogP) is 6.20. The van der Waals surface area contributed by atoms with Crippen LogP contribution in [0.4, 0.5) is 11.4 Å². The number of carbonyl (C=O) groups excluding carboxylic acids is 3. The average molecular weight is 531 g/mol. The van der Waals surface area contributed by atoms with Crippen molar-refractivity contribution in [2.45, 2.75) is 17.5 Å². The molecule has 190 valence electrons. The first-order chi connectivity index (χ1) is 19.0. The minimum atomic E-state index is -1.34. The molecule has 3 aliphatic heterocycles. The van der Waals surface area contributed by atoms with Crippen molar-refractivity contribution < 1.29 is 14.4 Å². The van der Waals surface area contributed by atoms with Gasteiger partial charge in [-0.3, -0.25) is 14.4 Å². The summed E-state index contributed by atoms with van der Waals surface area (Å²) in [4.78, 5) is 45.5. The third-order valence-electron chi connectivity index (χ3n) is 8.29. The molecule has 1 fully saturated rings. The van der Waals surface area contributed by atoms with Crippen LogP contribution in [0.25, 0.3) is 6.08 Å². The molecule has 4 aromatic carbocycles. The molecule has 0 bridgehead atoms. The number of fused-ring (bicyclic) bond motifs is 6. The monoisotopic (exact) mass is 530 g/mol. The highest BCUT2D eigenvalue weighted by molar-refractivity contribution is 6.34. The number of hydrogen-bond acceptors (Lipinski definition) is 4. The molecule has 39 heavy (non-hydrogen) atoms. The van der Waals surface area contributed by atoms with Gasteiger partial charge in [-0.05, 0) is 35.4 Å². The Hall–Kier alpha value is -4.48. The molecule has 5 nitrogen and oxygen atoms in total. The number of Topliss-reactive ketones (excluding diaryl/α,β-unsaturated/α-hetero) is 2. The van der Waals surface area contributed by atoms with E-state index in [0.29, 0.717) is 21.8 Å². The molecule has 1 saturated heterocycles. The topological polar surface area (TPSA) is 66.5 Å². The van der Waals surface area contributed by atoms with Crippen LogP contribution in [-0.2, 0) is 10.2 Å². The second-order valence-electron chi connectivity index (χ2n) is 10.1. The molecule has 4 atom stereocenters. The molecule has 4 aromatic rings. The van der Waals surface area contributed by atoms with Crippen LogP contribution < -0.4 is 10.2 Å². The van der Waals surface area contributed by atoms with Crippen molar-refractivity contribution in [1.29, 1.82) is 0 Å². The number of amides is 1. The highest BCUT2D eigenvalue weighted by Crippen LogP contribution is 2.58. The number of nitrogens with zero attached hydrogens (tertiary/aromatic N) is 1. The fourth-order valence-electron chi connectivity index (χ4n) is 6.72. The van der Waals surface area contributed by atoms with E-state index in [4.69, 9.17) is 11.6 Å². The minimum Gasteiger partial charge on any atom is -0.352 e. The molecule has 0 unspecified atom stereocenters. The molecule has 7 rings (SSSR count). The Morgan fingerprint density at radius 3 is 2.31 bits per heavy atom. The molecule has 0 saturated carbocycles. The number of nitrogens with one attached hydrogen (secondary N) is 1. The lowest BCUT2D eigenvalue weighted by Gasteiger charge is -2.37. The second kappa shape index (κ2) is 8.79. The Labute approximate surface area is 230 Å². The fourth-order valence-corrected chi connectivity index (χ4v) is 6.95. The lowest BCUT2D eigenvalue weighted by atomic mass is 9.64. The SMILES string of the molecule is O=C(c1ccccc1Cl)[C@@H]1[C@@H](C(=O)c2ccccc2)[C@]2(C(=O)Nc3ccccc32)[C@H]2C=Cc3ccccc3N12. The average Bonchev–Trinajstić information content (AvgIpc) is 3.45. The maximum Gasteiger partial charge on any atom is 0.238 e. The van der Waals surface area contributed by atoms with Crippen molar-refractivity contribution in [2.24, 2.45) is 5.92 Å². The van der Waals surface area contributed by atoms with Gasteiger partial charge in [-0.25, -0.2) is 0 Å². The van der Waals surface area contributed by atoms with Gasteiger partial charge >= 0.3 is 0 Å². The predicted molar refractivity (Wildman–Crippen MR) is 152 cm³/mol. The lowest BCUT2D eigenvalue weighted by molar-refractivity contribution is -0.121.